The zero-order valence-corrected chi connectivity index (χ0v) is 12.2. The summed E-state index contributed by atoms with van der Waals surface area (Å²) in [7, 11) is -1.56. The van der Waals surface area contributed by atoms with E-state index in [1.807, 2.05) is 0 Å². The fourth-order valence-corrected chi connectivity index (χ4v) is 3.17. The number of fused-ring (bicyclic) bond motifs is 1. The second-order valence-electron chi connectivity index (χ2n) is 4.43. The molecule has 1 atom stereocenters. The van der Waals surface area contributed by atoms with Gasteiger partial charge < -0.3 is 10.2 Å². The Hall–Kier alpha value is -1.92. The summed E-state index contributed by atoms with van der Waals surface area (Å²) in [6, 6.07) is 8.90. The van der Waals surface area contributed by atoms with E-state index in [0.717, 1.165) is 0 Å². The summed E-state index contributed by atoms with van der Waals surface area (Å²) in [5.41, 5.74) is 7.65. The SMILES string of the molecule is Nc1ccc2nc(S(=O)Cc3cc(F)ccc3Cl)oc2c1. The van der Waals surface area contributed by atoms with Gasteiger partial charge in [-0.2, -0.15) is 0 Å². The van der Waals surface area contributed by atoms with E-state index in [1.54, 1.807) is 18.2 Å². The Morgan fingerprint density at radius 2 is 2.10 bits per heavy atom. The molecule has 1 heterocycles. The number of hydrogen-bond acceptors (Lipinski definition) is 4. The van der Waals surface area contributed by atoms with E-state index >= 15 is 0 Å². The van der Waals surface area contributed by atoms with Crippen LogP contribution in [0.4, 0.5) is 10.1 Å². The van der Waals surface area contributed by atoms with Gasteiger partial charge in [0, 0.05) is 16.8 Å². The zero-order valence-electron chi connectivity index (χ0n) is 10.7. The molecule has 0 radical (unpaired) electrons. The number of hydrogen-bond donors (Lipinski definition) is 1. The molecule has 4 nitrogen and oxygen atoms in total. The number of oxazole rings is 1. The fourth-order valence-electron chi connectivity index (χ4n) is 1.87. The van der Waals surface area contributed by atoms with Crippen molar-refractivity contribution in [3.63, 3.8) is 0 Å². The fraction of sp³-hybridized carbons (Fsp3) is 0.0714. The average Bonchev–Trinajstić information content (AvgIpc) is 2.86. The summed E-state index contributed by atoms with van der Waals surface area (Å²) >= 11 is 5.96. The monoisotopic (exact) mass is 324 g/mol. The minimum Gasteiger partial charge on any atom is -0.430 e. The smallest absolute Gasteiger partial charge is 0.288 e. The van der Waals surface area contributed by atoms with Crippen molar-refractivity contribution in [2.24, 2.45) is 0 Å². The van der Waals surface area contributed by atoms with E-state index in [-0.39, 0.29) is 11.0 Å². The van der Waals surface area contributed by atoms with Crippen LogP contribution in [-0.4, -0.2) is 9.19 Å². The lowest BCUT2D eigenvalue weighted by molar-refractivity contribution is 0.477. The van der Waals surface area contributed by atoms with Gasteiger partial charge >= 0.3 is 0 Å². The molecule has 0 amide bonds. The third-order valence-corrected chi connectivity index (χ3v) is 4.39. The van der Waals surface area contributed by atoms with Gasteiger partial charge in [-0.25, -0.2) is 13.6 Å². The molecule has 0 fully saturated rings. The van der Waals surface area contributed by atoms with Crippen molar-refractivity contribution in [1.29, 1.82) is 0 Å². The van der Waals surface area contributed by atoms with Gasteiger partial charge in [0.05, 0.1) is 5.75 Å². The molecule has 0 aliphatic heterocycles. The molecule has 3 aromatic rings. The van der Waals surface area contributed by atoms with Crippen LogP contribution in [0.1, 0.15) is 5.56 Å². The average molecular weight is 325 g/mol. The quantitative estimate of drug-likeness (QED) is 0.748. The summed E-state index contributed by atoms with van der Waals surface area (Å²) < 4.78 is 30.9. The minimum absolute atomic E-state index is 0.0267. The number of anilines is 1. The molecule has 21 heavy (non-hydrogen) atoms. The summed E-state index contributed by atoms with van der Waals surface area (Å²) in [5.74, 6) is -0.407. The van der Waals surface area contributed by atoms with E-state index in [9.17, 15) is 8.60 Å². The number of nitrogens with two attached hydrogens (primary N) is 1. The third kappa shape index (κ3) is 2.91. The number of aromatic nitrogens is 1. The van der Waals surface area contributed by atoms with Gasteiger partial charge in [-0.05, 0) is 35.9 Å². The number of nitrogen functional groups attached to an aromatic ring is 1. The normalized spacial score (nSPS) is 12.7. The maximum Gasteiger partial charge on any atom is 0.288 e. The predicted octanol–water partition coefficient (Wildman–Crippen LogP) is 3.51. The molecular formula is C14H10ClFN2O2S. The predicted molar refractivity (Wildman–Crippen MR) is 79.9 cm³/mol. The van der Waals surface area contributed by atoms with Crippen LogP contribution in [0.25, 0.3) is 11.1 Å². The van der Waals surface area contributed by atoms with Gasteiger partial charge in [-0.15, -0.1) is 0 Å². The number of nitrogens with zero attached hydrogens (tertiary/aromatic N) is 1. The lowest BCUT2D eigenvalue weighted by Crippen LogP contribution is -1.98. The summed E-state index contributed by atoms with van der Waals surface area (Å²) in [5, 5.41) is 0.418. The van der Waals surface area contributed by atoms with Crippen LogP contribution < -0.4 is 5.73 Å². The molecule has 2 aromatic carbocycles. The molecule has 2 N–H and O–H groups in total. The van der Waals surface area contributed by atoms with Crippen molar-refractivity contribution in [3.8, 4) is 0 Å². The molecule has 0 aliphatic rings. The molecule has 108 valence electrons. The maximum atomic E-state index is 13.2. The number of rotatable bonds is 3. The second kappa shape index (κ2) is 5.46. The van der Waals surface area contributed by atoms with Crippen molar-refractivity contribution in [2.75, 3.05) is 5.73 Å². The first-order valence-corrected chi connectivity index (χ1v) is 7.71. The lowest BCUT2D eigenvalue weighted by atomic mass is 10.2. The third-order valence-electron chi connectivity index (χ3n) is 2.88. The highest BCUT2D eigenvalue weighted by Gasteiger charge is 2.15. The van der Waals surface area contributed by atoms with E-state index in [4.69, 9.17) is 21.8 Å². The topological polar surface area (TPSA) is 69.1 Å². The largest absolute Gasteiger partial charge is 0.430 e. The highest BCUT2D eigenvalue weighted by molar-refractivity contribution is 7.84. The first kappa shape index (κ1) is 14.0. The van der Waals surface area contributed by atoms with Crippen LogP contribution in [-0.2, 0) is 16.6 Å². The van der Waals surface area contributed by atoms with Gasteiger partial charge in [-0.3, -0.25) is 0 Å². The highest BCUT2D eigenvalue weighted by atomic mass is 35.5. The molecule has 0 aliphatic carbocycles. The Labute approximate surface area is 127 Å². The van der Waals surface area contributed by atoms with Crippen LogP contribution in [0.3, 0.4) is 0 Å². The summed E-state index contributed by atoms with van der Waals surface area (Å²) in [6.07, 6.45) is 0. The Morgan fingerprint density at radius 1 is 1.29 bits per heavy atom. The molecule has 7 heteroatoms. The summed E-state index contributed by atoms with van der Waals surface area (Å²) in [4.78, 5) is 4.14. The van der Waals surface area contributed by atoms with Crippen LogP contribution in [0.2, 0.25) is 5.02 Å². The Morgan fingerprint density at radius 3 is 2.90 bits per heavy atom. The standard InChI is InChI=1S/C14H10ClFN2O2S/c15-11-3-1-9(16)5-8(11)7-21(19)14-18-12-4-2-10(17)6-13(12)20-14/h1-6H,7,17H2. The van der Waals surface area contributed by atoms with E-state index in [1.165, 1.54) is 18.2 Å². The van der Waals surface area contributed by atoms with Gasteiger partial charge in [0.1, 0.15) is 22.1 Å². The Kier molecular flexibility index (Phi) is 3.65. The van der Waals surface area contributed by atoms with Crippen LogP contribution in [0.5, 0.6) is 0 Å². The van der Waals surface area contributed by atoms with E-state index in [2.05, 4.69) is 4.98 Å². The van der Waals surface area contributed by atoms with Gasteiger partial charge in [0.2, 0.25) is 0 Å². The van der Waals surface area contributed by atoms with Gasteiger partial charge in [0.15, 0.2) is 5.58 Å². The number of benzene rings is 2. The Bertz CT molecular complexity index is 850. The molecule has 1 aromatic heterocycles. The molecule has 3 rings (SSSR count). The van der Waals surface area contributed by atoms with E-state index < -0.39 is 16.6 Å². The lowest BCUT2D eigenvalue weighted by Gasteiger charge is -2.02. The Balaban J connectivity index is 1.91. The first-order chi connectivity index (χ1) is 10.0. The number of halogens is 2. The van der Waals surface area contributed by atoms with Crippen molar-refractivity contribution in [2.45, 2.75) is 11.0 Å². The van der Waals surface area contributed by atoms with Crippen molar-refractivity contribution in [1.82, 2.24) is 4.98 Å². The first-order valence-electron chi connectivity index (χ1n) is 6.01. The molecule has 1 unspecified atom stereocenters. The summed E-state index contributed by atoms with van der Waals surface area (Å²) in [6.45, 7) is 0. The maximum absolute atomic E-state index is 13.2. The van der Waals surface area contributed by atoms with Crippen molar-refractivity contribution < 1.29 is 13.0 Å². The van der Waals surface area contributed by atoms with Crippen molar-refractivity contribution in [3.05, 3.63) is 52.8 Å². The van der Waals surface area contributed by atoms with E-state index in [0.29, 0.717) is 27.4 Å². The van der Waals surface area contributed by atoms with Crippen molar-refractivity contribution >= 4 is 39.2 Å². The van der Waals surface area contributed by atoms with Gasteiger partial charge in [-0.1, -0.05) is 11.6 Å². The minimum atomic E-state index is -1.56. The zero-order chi connectivity index (χ0) is 15.0. The molecule has 0 spiro atoms. The molecule has 0 bridgehead atoms. The second-order valence-corrected chi connectivity index (χ2v) is 6.17. The molecule has 0 saturated heterocycles. The van der Waals surface area contributed by atoms with Gasteiger partial charge in [0.25, 0.3) is 5.22 Å². The molecule has 0 saturated carbocycles. The molecular weight excluding hydrogens is 315 g/mol. The van der Waals surface area contributed by atoms with Crippen LogP contribution >= 0.6 is 11.6 Å². The van der Waals surface area contributed by atoms with Crippen LogP contribution in [0, 0.1) is 5.82 Å². The highest BCUT2D eigenvalue weighted by Crippen LogP contribution is 2.24. The van der Waals surface area contributed by atoms with Crippen LogP contribution in [0.15, 0.2) is 46.0 Å².